The highest BCUT2D eigenvalue weighted by Gasteiger charge is 2.25. The molecule has 29 heavy (non-hydrogen) atoms. The second kappa shape index (κ2) is 9.07. The summed E-state index contributed by atoms with van der Waals surface area (Å²) in [5.41, 5.74) is 2.02. The first kappa shape index (κ1) is 23.1. The zero-order valence-corrected chi connectivity index (χ0v) is 18.9. The Kier molecular flexibility index (Phi) is 7.21. The molecule has 1 amide bonds. The fourth-order valence-electron chi connectivity index (χ4n) is 2.86. The molecule has 0 radical (unpaired) electrons. The highest BCUT2D eigenvalue weighted by Crippen LogP contribution is 2.23. The second-order valence-corrected chi connectivity index (χ2v) is 10.4. The number of sulfonamides is 1. The van der Waals surface area contributed by atoms with E-state index in [1.54, 1.807) is 19.1 Å². The van der Waals surface area contributed by atoms with Crippen LogP contribution in [0.2, 0.25) is 0 Å². The summed E-state index contributed by atoms with van der Waals surface area (Å²) in [6, 6.07) is 14.9. The molecule has 0 aromatic heterocycles. The summed E-state index contributed by atoms with van der Waals surface area (Å²) in [5.74, 6) is -0.187. The van der Waals surface area contributed by atoms with E-state index in [4.69, 9.17) is 0 Å². The highest BCUT2D eigenvalue weighted by atomic mass is 32.2. The quantitative estimate of drug-likeness (QED) is 0.749. The monoisotopic (exact) mass is 417 g/mol. The van der Waals surface area contributed by atoms with Gasteiger partial charge >= 0.3 is 0 Å². The Morgan fingerprint density at radius 3 is 2.21 bits per heavy atom. The number of hydrogen-bond donors (Lipinski definition) is 1. The molecule has 1 N–H and O–H groups in total. The molecule has 2 aromatic carbocycles. The van der Waals surface area contributed by atoms with Crippen LogP contribution in [0.1, 0.15) is 31.9 Å². The molecule has 158 valence electrons. The summed E-state index contributed by atoms with van der Waals surface area (Å²) < 4.78 is 26.2. The Morgan fingerprint density at radius 2 is 1.66 bits per heavy atom. The lowest BCUT2D eigenvalue weighted by Crippen LogP contribution is -2.45. The van der Waals surface area contributed by atoms with Crippen LogP contribution in [0.5, 0.6) is 0 Å². The van der Waals surface area contributed by atoms with Gasteiger partial charge in [-0.15, -0.1) is 0 Å². The third-order valence-corrected chi connectivity index (χ3v) is 6.69. The lowest BCUT2D eigenvalue weighted by Gasteiger charge is -2.35. The lowest BCUT2D eigenvalue weighted by atomic mass is 10.0. The van der Waals surface area contributed by atoms with Gasteiger partial charge in [0.15, 0.2) is 0 Å². The number of carbonyl (C=O) groups is 1. The minimum Gasteiger partial charge on any atom is -0.325 e. The van der Waals surface area contributed by atoms with Crippen molar-refractivity contribution >= 4 is 21.6 Å². The van der Waals surface area contributed by atoms with Crippen LogP contribution >= 0.6 is 0 Å². The summed E-state index contributed by atoms with van der Waals surface area (Å²) in [5, 5.41) is 2.85. The minimum absolute atomic E-state index is 0.187. The van der Waals surface area contributed by atoms with E-state index in [0.29, 0.717) is 17.8 Å². The molecule has 2 rings (SSSR count). The summed E-state index contributed by atoms with van der Waals surface area (Å²) in [7, 11) is -0.599. The van der Waals surface area contributed by atoms with Crippen LogP contribution in [-0.4, -0.2) is 49.7 Å². The SMILES string of the molecule is Cc1ccc(NC(=O)CN(Cc2ccccc2)C(C)(C)C)cc1S(=O)(=O)N(C)C. The molecule has 0 aliphatic carbocycles. The van der Waals surface area contributed by atoms with E-state index in [9.17, 15) is 13.2 Å². The van der Waals surface area contributed by atoms with E-state index in [0.717, 1.165) is 5.56 Å². The first-order chi connectivity index (χ1) is 13.4. The highest BCUT2D eigenvalue weighted by molar-refractivity contribution is 7.89. The van der Waals surface area contributed by atoms with E-state index >= 15 is 0 Å². The first-order valence-corrected chi connectivity index (χ1v) is 11.0. The van der Waals surface area contributed by atoms with Crippen molar-refractivity contribution in [2.24, 2.45) is 0 Å². The van der Waals surface area contributed by atoms with Gasteiger partial charge in [0.05, 0.1) is 11.4 Å². The predicted molar refractivity (Wildman–Crippen MR) is 117 cm³/mol. The number of aryl methyl sites for hydroxylation is 1. The van der Waals surface area contributed by atoms with Crippen molar-refractivity contribution < 1.29 is 13.2 Å². The van der Waals surface area contributed by atoms with Gasteiger partial charge in [0.1, 0.15) is 0 Å². The molecule has 0 heterocycles. The number of nitrogens with zero attached hydrogens (tertiary/aromatic N) is 2. The lowest BCUT2D eigenvalue weighted by molar-refractivity contribution is -0.118. The Morgan fingerprint density at radius 1 is 1.03 bits per heavy atom. The molecular weight excluding hydrogens is 386 g/mol. The Balaban J connectivity index is 2.18. The molecule has 0 saturated carbocycles. The number of benzene rings is 2. The molecule has 0 aliphatic heterocycles. The molecule has 7 heteroatoms. The Labute approximate surface area is 174 Å². The average Bonchev–Trinajstić information content (AvgIpc) is 2.62. The smallest absolute Gasteiger partial charge is 0.242 e. The van der Waals surface area contributed by atoms with Crippen molar-refractivity contribution in [2.45, 2.75) is 44.7 Å². The van der Waals surface area contributed by atoms with Crippen molar-refractivity contribution in [3.63, 3.8) is 0 Å². The summed E-state index contributed by atoms with van der Waals surface area (Å²) in [6.07, 6.45) is 0. The van der Waals surface area contributed by atoms with Gasteiger partial charge in [-0.1, -0.05) is 36.4 Å². The van der Waals surface area contributed by atoms with E-state index < -0.39 is 10.0 Å². The van der Waals surface area contributed by atoms with E-state index in [1.165, 1.54) is 24.5 Å². The van der Waals surface area contributed by atoms with Gasteiger partial charge in [0.25, 0.3) is 0 Å². The molecule has 0 bridgehead atoms. The van der Waals surface area contributed by atoms with E-state index in [1.807, 2.05) is 30.3 Å². The molecule has 6 nitrogen and oxygen atoms in total. The van der Waals surface area contributed by atoms with Gasteiger partial charge in [-0.2, -0.15) is 0 Å². The van der Waals surface area contributed by atoms with Crippen molar-refractivity contribution in [3.05, 3.63) is 59.7 Å². The van der Waals surface area contributed by atoms with Gasteiger partial charge in [-0.3, -0.25) is 9.69 Å². The summed E-state index contributed by atoms with van der Waals surface area (Å²) in [6.45, 7) is 8.78. The number of hydrogen-bond acceptors (Lipinski definition) is 4. The second-order valence-electron chi connectivity index (χ2n) is 8.33. The number of rotatable bonds is 7. The molecular formula is C22H31N3O3S. The molecule has 0 atom stereocenters. The van der Waals surface area contributed by atoms with Crippen LogP contribution < -0.4 is 5.32 Å². The van der Waals surface area contributed by atoms with Crippen molar-refractivity contribution in [1.29, 1.82) is 0 Å². The third-order valence-electron chi connectivity index (χ3n) is 4.73. The van der Waals surface area contributed by atoms with E-state index in [-0.39, 0.29) is 22.9 Å². The zero-order chi connectivity index (χ0) is 21.8. The van der Waals surface area contributed by atoms with Crippen molar-refractivity contribution in [3.8, 4) is 0 Å². The van der Waals surface area contributed by atoms with Crippen LogP contribution in [0.25, 0.3) is 0 Å². The van der Waals surface area contributed by atoms with Crippen LogP contribution in [0.4, 0.5) is 5.69 Å². The fourth-order valence-corrected chi connectivity index (χ4v) is 4.00. The molecule has 0 aliphatic rings. The van der Waals surface area contributed by atoms with Gasteiger partial charge in [-0.25, -0.2) is 12.7 Å². The van der Waals surface area contributed by atoms with Crippen molar-refractivity contribution in [2.75, 3.05) is 26.0 Å². The number of carbonyl (C=O) groups excluding carboxylic acids is 1. The summed E-state index contributed by atoms with van der Waals surface area (Å²) in [4.78, 5) is 15.0. The molecule has 0 unspecified atom stereocenters. The first-order valence-electron chi connectivity index (χ1n) is 9.53. The third kappa shape index (κ3) is 6.13. The van der Waals surface area contributed by atoms with Crippen LogP contribution in [-0.2, 0) is 21.4 Å². The fraction of sp³-hybridized carbons (Fsp3) is 0.409. The normalized spacial score (nSPS) is 12.4. The number of nitrogens with one attached hydrogen (secondary N) is 1. The summed E-state index contributed by atoms with van der Waals surface area (Å²) >= 11 is 0. The largest absolute Gasteiger partial charge is 0.325 e. The maximum atomic E-state index is 12.7. The molecule has 0 fully saturated rings. The molecule has 2 aromatic rings. The zero-order valence-electron chi connectivity index (χ0n) is 18.1. The Hall–Kier alpha value is -2.22. The average molecular weight is 418 g/mol. The van der Waals surface area contributed by atoms with E-state index in [2.05, 4.69) is 31.0 Å². The van der Waals surface area contributed by atoms with Gasteiger partial charge < -0.3 is 5.32 Å². The topological polar surface area (TPSA) is 69.7 Å². The standard InChI is InChI=1S/C22H31N3O3S/c1-17-12-13-19(14-20(17)29(27,28)24(5)6)23-21(26)16-25(22(2,3)4)15-18-10-8-7-9-11-18/h7-14H,15-16H2,1-6H3,(H,23,26). The van der Waals surface area contributed by atoms with Crippen LogP contribution in [0.15, 0.2) is 53.4 Å². The number of amides is 1. The minimum atomic E-state index is -3.58. The van der Waals surface area contributed by atoms with Crippen molar-refractivity contribution in [1.82, 2.24) is 9.21 Å². The molecule has 0 spiro atoms. The van der Waals surface area contributed by atoms with Crippen LogP contribution in [0.3, 0.4) is 0 Å². The predicted octanol–water partition coefficient (Wildman–Crippen LogP) is 3.48. The Bertz CT molecular complexity index is 949. The van der Waals surface area contributed by atoms with Gasteiger partial charge in [0, 0.05) is 31.9 Å². The maximum absolute atomic E-state index is 12.7. The maximum Gasteiger partial charge on any atom is 0.242 e. The van der Waals surface area contributed by atoms with Gasteiger partial charge in [-0.05, 0) is 51.0 Å². The van der Waals surface area contributed by atoms with Gasteiger partial charge in [0.2, 0.25) is 15.9 Å². The molecule has 0 saturated heterocycles. The number of anilines is 1. The van der Waals surface area contributed by atoms with Crippen LogP contribution in [0, 0.1) is 6.92 Å².